The Kier molecular flexibility index (Phi) is 3.05. The second-order valence-corrected chi connectivity index (χ2v) is 5.43. The van der Waals surface area contributed by atoms with E-state index < -0.39 is 0 Å². The summed E-state index contributed by atoms with van der Waals surface area (Å²) in [4.78, 5) is 8.69. The van der Waals surface area contributed by atoms with E-state index in [4.69, 9.17) is 0 Å². The molecular formula is C12H8Br2N4. The summed E-state index contributed by atoms with van der Waals surface area (Å²) in [7, 11) is 0. The van der Waals surface area contributed by atoms with Gasteiger partial charge in [0.25, 0.3) is 0 Å². The average Bonchev–Trinajstić information content (AvgIpc) is 2.77. The number of nitrogens with one attached hydrogen (secondary N) is 1. The molecule has 6 heteroatoms. The van der Waals surface area contributed by atoms with Crippen LogP contribution in [0.15, 0.2) is 51.9 Å². The van der Waals surface area contributed by atoms with Crippen molar-refractivity contribution in [1.82, 2.24) is 14.4 Å². The van der Waals surface area contributed by atoms with Crippen molar-refractivity contribution in [3.8, 4) is 0 Å². The maximum Gasteiger partial charge on any atom is 0.180 e. The van der Waals surface area contributed by atoms with Gasteiger partial charge in [-0.05, 0) is 34.1 Å². The Morgan fingerprint density at radius 1 is 1.22 bits per heavy atom. The van der Waals surface area contributed by atoms with Crippen LogP contribution < -0.4 is 5.32 Å². The third-order valence-electron chi connectivity index (χ3n) is 2.43. The largest absolute Gasteiger partial charge is 0.337 e. The summed E-state index contributed by atoms with van der Waals surface area (Å²) in [5.74, 6) is 0.715. The summed E-state index contributed by atoms with van der Waals surface area (Å²) in [5.41, 5.74) is 1.75. The minimum Gasteiger partial charge on any atom is -0.337 e. The van der Waals surface area contributed by atoms with Crippen molar-refractivity contribution in [3.63, 3.8) is 0 Å². The van der Waals surface area contributed by atoms with E-state index in [2.05, 4.69) is 47.1 Å². The zero-order chi connectivity index (χ0) is 12.5. The van der Waals surface area contributed by atoms with Crippen LogP contribution in [0.4, 0.5) is 11.5 Å². The molecule has 1 aromatic carbocycles. The molecule has 2 aromatic heterocycles. The lowest BCUT2D eigenvalue weighted by atomic mass is 10.3. The molecule has 0 amide bonds. The molecule has 90 valence electrons. The van der Waals surface area contributed by atoms with E-state index in [1.807, 2.05) is 41.1 Å². The Hall–Kier alpha value is -1.40. The van der Waals surface area contributed by atoms with Crippen molar-refractivity contribution in [3.05, 3.63) is 51.9 Å². The van der Waals surface area contributed by atoms with Crippen molar-refractivity contribution >= 4 is 49.0 Å². The summed E-state index contributed by atoms with van der Waals surface area (Å²) in [6, 6.07) is 7.91. The third kappa shape index (κ3) is 2.26. The van der Waals surface area contributed by atoms with Gasteiger partial charge in [-0.15, -0.1) is 0 Å². The number of hydrogen-bond donors (Lipinski definition) is 1. The van der Waals surface area contributed by atoms with Gasteiger partial charge in [0.05, 0.1) is 0 Å². The number of benzene rings is 1. The molecule has 18 heavy (non-hydrogen) atoms. The van der Waals surface area contributed by atoms with Crippen LogP contribution in [0.1, 0.15) is 0 Å². The smallest absolute Gasteiger partial charge is 0.180 e. The first kappa shape index (κ1) is 11.7. The Morgan fingerprint density at radius 3 is 2.94 bits per heavy atom. The van der Waals surface area contributed by atoms with Crippen LogP contribution in [0.5, 0.6) is 0 Å². The first-order valence-electron chi connectivity index (χ1n) is 5.24. The molecule has 0 saturated heterocycles. The maximum atomic E-state index is 4.41. The first-order valence-corrected chi connectivity index (χ1v) is 6.83. The molecule has 0 aliphatic rings. The molecule has 1 N–H and O–H groups in total. The van der Waals surface area contributed by atoms with Crippen LogP contribution in [0.2, 0.25) is 0 Å². The Morgan fingerprint density at radius 2 is 2.11 bits per heavy atom. The van der Waals surface area contributed by atoms with Gasteiger partial charge in [0, 0.05) is 28.8 Å². The lowest BCUT2D eigenvalue weighted by molar-refractivity contribution is 1.10. The zero-order valence-corrected chi connectivity index (χ0v) is 12.3. The molecule has 3 aromatic rings. The number of anilines is 2. The van der Waals surface area contributed by atoms with Gasteiger partial charge in [0.1, 0.15) is 4.60 Å². The highest BCUT2D eigenvalue weighted by Gasteiger charge is 2.06. The van der Waals surface area contributed by atoms with Crippen LogP contribution >= 0.6 is 31.9 Å². The molecule has 0 radical (unpaired) electrons. The molecule has 0 aliphatic carbocycles. The molecule has 0 atom stereocenters. The number of aromatic nitrogens is 3. The van der Waals surface area contributed by atoms with E-state index in [9.17, 15) is 0 Å². The number of fused-ring (bicyclic) bond motifs is 1. The maximum absolute atomic E-state index is 4.41. The standard InChI is InChI=1S/C12H8Br2N4/c13-8-2-1-3-9(6-8)16-11-12-15-4-5-18(12)7-10(14)17-11/h1-7H,(H,16,17). The Balaban J connectivity index is 2.06. The predicted molar refractivity (Wildman–Crippen MR) is 78.1 cm³/mol. The minimum absolute atomic E-state index is 0.715. The molecule has 0 bridgehead atoms. The number of imidazole rings is 1. The van der Waals surface area contributed by atoms with E-state index in [0.717, 1.165) is 20.4 Å². The fraction of sp³-hybridized carbons (Fsp3) is 0. The first-order chi connectivity index (χ1) is 8.72. The summed E-state index contributed by atoms with van der Waals surface area (Å²) >= 11 is 6.83. The van der Waals surface area contributed by atoms with Gasteiger partial charge in [-0.2, -0.15) is 0 Å². The average molecular weight is 368 g/mol. The van der Waals surface area contributed by atoms with Crippen molar-refractivity contribution < 1.29 is 0 Å². The minimum atomic E-state index is 0.715. The Bertz CT molecular complexity index is 708. The lowest BCUT2D eigenvalue weighted by Crippen LogP contribution is -1.98. The van der Waals surface area contributed by atoms with Crippen molar-refractivity contribution in [2.45, 2.75) is 0 Å². The fourth-order valence-electron chi connectivity index (χ4n) is 1.69. The van der Waals surface area contributed by atoms with Gasteiger partial charge in [0.15, 0.2) is 11.5 Å². The molecule has 0 unspecified atom stereocenters. The van der Waals surface area contributed by atoms with Crippen LogP contribution in [0, 0.1) is 0 Å². The predicted octanol–water partition coefficient (Wildman–Crippen LogP) is 4.00. The highest BCUT2D eigenvalue weighted by atomic mass is 79.9. The summed E-state index contributed by atoms with van der Waals surface area (Å²) in [6.07, 6.45) is 5.50. The monoisotopic (exact) mass is 366 g/mol. The van der Waals surface area contributed by atoms with E-state index >= 15 is 0 Å². The van der Waals surface area contributed by atoms with Gasteiger partial charge < -0.3 is 9.72 Å². The summed E-state index contributed by atoms with van der Waals surface area (Å²) in [6.45, 7) is 0. The summed E-state index contributed by atoms with van der Waals surface area (Å²) in [5, 5.41) is 3.26. The van der Waals surface area contributed by atoms with Gasteiger partial charge in [-0.3, -0.25) is 0 Å². The van der Waals surface area contributed by atoms with Crippen molar-refractivity contribution in [2.75, 3.05) is 5.32 Å². The van der Waals surface area contributed by atoms with E-state index in [1.54, 1.807) is 6.20 Å². The van der Waals surface area contributed by atoms with E-state index in [1.165, 1.54) is 0 Å². The number of rotatable bonds is 2. The van der Waals surface area contributed by atoms with Gasteiger partial charge in [-0.25, -0.2) is 9.97 Å². The van der Waals surface area contributed by atoms with Gasteiger partial charge in [-0.1, -0.05) is 22.0 Å². The van der Waals surface area contributed by atoms with Gasteiger partial charge in [0.2, 0.25) is 0 Å². The van der Waals surface area contributed by atoms with Crippen LogP contribution in [-0.2, 0) is 0 Å². The van der Waals surface area contributed by atoms with Crippen molar-refractivity contribution in [2.24, 2.45) is 0 Å². The molecule has 0 spiro atoms. The lowest BCUT2D eigenvalue weighted by Gasteiger charge is -2.07. The molecule has 0 saturated carbocycles. The molecule has 3 rings (SSSR count). The van der Waals surface area contributed by atoms with E-state index in [0.29, 0.717) is 5.82 Å². The molecule has 2 heterocycles. The number of halogens is 2. The molecule has 0 aliphatic heterocycles. The molecule has 0 fully saturated rings. The normalized spacial score (nSPS) is 10.8. The zero-order valence-electron chi connectivity index (χ0n) is 9.14. The van der Waals surface area contributed by atoms with Crippen molar-refractivity contribution in [1.29, 1.82) is 0 Å². The molecular weight excluding hydrogens is 360 g/mol. The second kappa shape index (κ2) is 4.70. The fourth-order valence-corrected chi connectivity index (χ4v) is 2.49. The quantitative estimate of drug-likeness (QED) is 0.744. The van der Waals surface area contributed by atoms with E-state index in [-0.39, 0.29) is 0 Å². The number of hydrogen-bond acceptors (Lipinski definition) is 3. The number of nitrogens with zero attached hydrogens (tertiary/aromatic N) is 3. The highest BCUT2D eigenvalue weighted by Crippen LogP contribution is 2.23. The molecule has 4 nitrogen and oxygen atoms in total. The topological polar surface area (TPSA) is 42.2 Å². The second-order valence-electron chi connectivity index (χ2n) is 3.71. The highest BCUT2D eigenvalue weighted by molar-refractivity contribution is 9.10. The summed E-state index contributed by atoms with van der Waals surface area (Å²) < 4.78 is 3.68. The third-order valence-corrected chi connectivity index (χ3v) is 3.31. The SMILES string of the molecule is Brc1cccc(Nc2nc(Br)cn3ccnc23)c1. The van der Waals surface area contributed by atoms with Crippen LogP contribution in [0.3, 0.4) is 0 Å². The van der Waals surface area contributed by atoms with Crippen LogP contribution in [0.25, 0.3) is 5.65 Å². The Labute approximate surface area is 120 Å². The van der Waals surface area contributed by atoms with Crippen LogP contribution in [-0.4, -0.2) is 14.4 Å². The van der Waals surface area contributed by atoms with Gasteiger partial charge >= 0.3 is 0 Å².